The van der Waals surface area contributed by atoms with Crippen LogP contribution in [-0.4, -0.2) is 43.7 Å². The minimum absolute atomic E-state index is 0.0663. The molecule has 2 aromatic heterocycles. The van der Waals surface area contributed by atoms with Crippen molar-refractivity contribution in [2.75, 3.05) is 13.1 Å². The summed E-state index contributed by atoms with van der Waals surface area (Å²) in [5.41, 5.74) is 0.711. The van der Waals surface area contributed by atoms with Crippen LogP contribution in [0.25, 0.3) is 22.5 Å². The van der Waals surface area contributed by atoms with Crippen LogP contribution in [0.4, 0.5) is 0 Å². The number of hydrogen-bond donors (Lipinski definition) is 0. The van der Waals surface area contributed by atoms with Gasteiger partial charge in [0.05, 0.1) is 6.20 Å². The summed E-state index contributed by atoms with van der Waals surface area (Å²) in [5, 5.41) is 14.9. The zero-order chi connectivity index (χ0) is 18.2. The lowest BCUT2D eigenvalue weighted by Crippen LogP contribution is -2.44. The summed E-state index contributed by atoms with van der Waals surface area (Å²) in [4.78, 5) is 14.7. The Morgan fingerprint density at radius 1 is 1.07 bits per heavy atom. The second-order valence-electron chi connectivity index (χ2n) is 7.74. The molecule has 0 bridgehead atoms. The normalized spacial score (nSPS) is 23.2. The second kappa shape index (κ2) is 6.76. The van der Waals surface area contributed by atoms with Crippen LogP contribution in [-0.2, 0) is 4.79 Å². The van der Waals surface area contributed by atoms with Crippen molar-refractivity contribution in [2.24, 2.45) is 11.8 Å². The molecular weight excluding hydrogens is 338 g/mol. The highest BCUT2D eigenvalue weighted by Gasteiger charge is 2.32. The van der Waals surface area contributed by atoms with Crippen molar-refractivity contribution >= 4 is 28.4 Å². The van der Waals surface area contributed by atoms with Crippen molar-refractivity contribution in [3.8, 4) is 0 Å². The SMILES string of the molecule is O=C(/C=C/c1nnc2c3ccccc3cnn12)N1CC[C@@H]2CCCC[C@H]2C1. The van der Waals surface area contributed by atoms with Crippen molar-refractivity contribution in [1.29, 1.82) is 0 Å². The van der Waals surface area contributed by atoms with Crippen LogP contribution in [0.5, 0.6) is 0 Å². The highest BCUT2D eigenvalue weighted by Crippen LogP contribution is 2.36. The smallest absolute Gasteiger partial charge is 0.246 e. The van der Waals surface area contributed by atoms with Gasteiger partial charge < -0.3 is 4.90 Å². The molecule has 138 valence electrons. The van der Waals surface area contributed by atoms with E-state index in [9.17, 15) is 4.79 Å². The number of rotatable bonds is 2. The number of hydrogen-bond acceptors (Lipinski definition) is 4. The molecule has 1 saturated carbocycles. The number of likely N-dealkylation sites (tertiary alicyclic amines) is 1. The first-order valence-corrected chi connectivity index (χ1v) is 9.86. The first-order valence-electron chi connectivity index (χ1n) is 9.86. The van der Waals surface area contributed by atoms with Crippen LogP contribution >= 0.6 is 0 Å². The summed E-state index contributed by atoms with van der Waals surface area (Å²) in [7, 11) is 0. The maximum Gasteiger partial charge on any atom is 0.246 e. The van der Waals surface area contributed by atoms with Crippen molar-refractivity contribution < 1.29 is 4.79 Å². The molecule has 2 atom stereocenters. The molecule has 0 radical (unpaired) electrons. The highest BCUT2D eigenvalue weighted by molar-refractivity contribution is 5.94. The van der Waals surface area contributed by atoms with E-state index in [1.807, 2.05) is 29.2 Å². The predicted octanol–water partition coefficient (Wildman–Crippen LogP) is 3.33. The fourth-order valence-electron chi connectivity index (χ4n) is 4.66. The number of aromatic nitrogens is 4. The van der Waals surface area contributed by atoms with Crippen molar-refractivity contribution in [3.63, 3.8) is 0 Å². The fourth-order valence-corrected chi connectivity index (χ4v) is 4.66. The Kier molecular flexibility index (Phi) is 4.11. The predicted molar refractivity (Wildman–Crippen MR) is 104 cm³/mol. The van der Waals surface area contributed by atoms with E-state index in [-0.39, 0.29) is 5.91 Å². The molecule has 1 aliphatic heterocycles. The number of fused-ring (bicyclic) bond motifs is 4. The number of piperidine rings is 1. The van der Waals surface area contributed by atoms with E-state index in [1.165, 1.54) is 25.7 Å². The molecule has 1 amide bonds. The molecule has 0 spiro atoms. The van der Waals surface area contributed by atoms with E-state index in [0.717, 1.165) is 36.2 Å². The van der Waals surface area contributed by atoms with Crippen LogP contribution in [0.15, 0.2) is 36.5 Å². The molecule has 0 N–H and O–H groups in total. The van der Waals surface area contributed by atoms with Crippen molar-refractivity contribution in [1.82, 2.24) is 24.7 Å². The zero-order valence-corrected chi connectivity index (χ0v) is 15.3. The van der Waals surface area contributed by atoms with Crippen LogP contribution in [0.2, 0.25) is 0 Å². The third kappa shape index (κ3) is 2.99. The topological polar surface area (TPSA) is 63.4 Å². The van der Waals surface area contributed by atoms with E-state index in [0.29, 0.717) is 17.4 Å². The molecular formula is C21H23N5O. The van der Waals surface area contributed by atoms with Gasteiger partial charge in [-0.15, -0.1) is 10.2 Å². The Labute approximate surface area is 157 Å². The molecule has 2 fully saturated rings. The maximum atomic E-state index is 12.7. The first-order chi connectivity index (χ1) is 13.3. The molecule has 3 heterocycles. The van der Waals surface area contributed by atoms with Gasteiger partial charge in [0.15, 0.2) is 11.5 Å². The van der Waals surface area contributed by atoms with Crippen LogP contribution in [0.3, 0.4) is 0 Å². The van der Waals surface area contributed by atoms with Crippen LogP contribution < -0.4 is 0 Å². The Bertz CT molecular complexity index is 1020. The van der Waals surface area contributed by atoms with E-state index in [4.69, 9.17) is 0 Å². The van der Waals surface area contributed by atoms with Gasteiger partial charge in [0.1, 0.15) is 0 Å². The second-order valence-corrected chi connectivity index (χ2v) is 7.74. The Balaban J connectivity index is 1.36. The van der Waals surface area contributed by atoms with E-state index < -0.39 is 0 Å². The molecule has 6 heteroatoms. The molecule has 0 unspecified atom stereocenters. The van der Waals surface area contributed by atoms with Crippen LogP contribution in [0, 0.1) is 11.8 Å². The maximum absolute atomic E-state index is 12.7. The molecule has 6 nitrogen and oxygen atoms in total. The zero-order valence-electron chi connectivity index (χ0n) is 15.3. The van der Waals surface area contributed by atoms with E-state index in [2.05, 4.69) is 15.3 Å². The molecule has 27 heavy (non-hydrogen) atoms. The lowest BCUT2D eigenvalue weighted by molar-refractivity contribution is -0.128. The molecule has 1 saturated heterocycles. The molecule has 2 aliphatic rings. The van der Waals surface area contributed by atoms with Gasteiger partial charge in [-0.25, -0.2) is 0 Å². The summed E-state index contributed by atoms with van der Waals surface area (Å²) in [6.07, 6.45) is 11.6. The summed E-state index contributed by atoms with van der Waals surface area (Å²) >= 11 is 0. The molecule has 5 rings (SSSR count). The van der Waals surface area contributed by atoms with E-state index in [1.54, 1.807) is 22.9 Å². The monoisotopic (exact) mass is 361 g/mol. The van der Waals surface area contributed by atoms with Crippen LogP contribution in [0.1, 0.15) is 37.9 Å². The average molecular weight is 361 g/mol. The Hall–Kier alpha value is -2.76. The van der Waals surface area contributed by atoms with Gasteiger partial charge in [-0.05, 0) is 30.8 Å². The van der Waals surface area contributed by atoms with Gasteiger partial charge in [-0.2, -0.15) is 9.61 Å². The van der Waals surface area contributed by atoms with Gasteiger partial charge in [0.2, 0.25) is 5.91 Å². The third-order valence-electron chi connectivity index (χ3n) is 6.16. The Morgan fingerprint density at radius 2 is 1.93 bits per heavy atom. The highest BCUT2D eigenvalue weighted by atomic mass is 16.2. The lowest BCUT2D eigenvalue weighted by Gasteiger charge is -2.41. The molecule has 3 aromatic rings. The van der Waals surface area contributed by atoms with Crippen molar-refractivity contribution in [2.45, 2.75) is 32.1 Å². The van der Waals surface area contributed by atoms with Gasteiger partial charge in [0, 0.05) is 29.9 Å². The summed E-state index contributed by atoms with van der Waals surface area (Å²) < 4.78 is 1.69. The Morgan fingerprint density at radius 3 is 2.85 bits per heavy atom. The summed E-state index contributed by atoms with van der Waals surface area (Å²) in [6, 6.07) is 7.97. The third-order valence-corrected chi connectivity index (χ3v) is 6.16. The van der Waals surface area contributed by atoms with Crippen molar-refractivity contribution in [3.05, 3.63) is 42.4 Å². The minimum atomic E-state index is 0.0663. The van der Waals surface area contributed by atoms with Gasteiger partial charge in [-0.1, -0.05) is 43.5 Å². The quantitative estimate of drug-likeness (QED) is 0.657. The standard InChI is InChI=1S/C21H23N5O/c27-20(25-12-11-15-5-1-2-7-17(15)14-25)10-9-19-23-24-21-18-8-4-3-6-16(18)13-22-26(19)21/h3-4,6,8-10,13,15,17H,1-2,5,7,11-12,14H2/b10-9+/t15-,17-/m0/s1. The average Bonchev–Trinajstić information content (AvgIpc) is 3.15. The number of nitrogens with zero attached hydrogens (tertiary/aromatic N) is 5. The minimum Gasteiger partial charge on any atom is -0.339 e. The number of amides is 1. The fraction of sp³-hybridized carbons (Fsp3) is 0.429. The first kappa shape index (κ1) is 16.4. The van der Waals surface area contributed by atoms with Gasteiger partial charge in [0.25, 0.3) is 0 Å². The van der Waals surface area contributed by atoms with E-state index >= 15 is 0 Å². The molecule has 1 aliphatic carbocycles. The number of carbonyl (C=O) groups excluding carboxylic acids is 1. The van der Waals surface area contributed by atoms with Gasteiger partial charge in [-0.3, -0.25) is 4.79 Å². The summed E-state index contributed by atoms with van der Waals surface area (Å²) in [6.45, 7) is 1.77. The largest absolute Gasteiger partial charge is 0.339 e. The molecule has 1 aromatic carbocycles. The lowest BCUT2D eigenvalue weighted by atomic mass is 9.75. The number of benzene rings is 1. The van der Waals surface area contributed by atoms with Gasteiger partial charge >= 0.3 is 0 Å². The number of carbonyl (C=O) groups is 1. The summed E-state index contributed by atoms with van der Waals surface area (Å²) in [5.74, 6) is 2.16.